The van der Waals surface area contributed by atoms with Crippen molar-refractivity contribution in [2.24, 2.45) is 5.92 Å². The first-order valence-electron chi connectivity index (χ1n) is 8.11. The molecule has 0 heteroatoms. The number of allylic oxidation sites excluding steroid dienone is 7. The summed E-state index contributed by atoms with van der Waals surface area (Å²) in [6.07, 6.45) is 15.8. The van der Waals surface area contributed by atoms with E-state index in [4.69, 9.17) is 0 Å². The van der Waals surface area contributed by atoms with Crippen molar-refractivity contribution in [1.29, 1.82) is 0 Å². The van der Waals surface area contributed by atoms with Gasteiger partial charge in [0.15, 0.2) is 0 Å². The summed E-state index contributed by atoms with van der Waals surface area (Å²) in [4.78, 5) is 0. The Bertz CT molecular complexity index is 404. The van der Waals surface area contributed by atoms with E-state index < -0.39 is 0 Å². The first kappa shape index (κ1) is 17.0. The Morgan fingerprint density at radius 3 is 2.50 bits per heavy atom. The average molecular weight is 272 g/mol. The second-order valence-corrected chi connectivity index (χ2v) is 6.55. The Morgan fingerprint density at radius 2 is 1.90 bits per heavy atom. The lowest BCUT2D eigenvalue weighted by atomic mass is 9.85. The highest BCUT2D eigenvalue weighted by molar-refractivity contribution is 5.13. The van der Waals surface area contributed by atoms with E-state index in [0.29, 0.717) is 0 Å². The van der Waals surface area contributed by atoms with Crippen LogP contribution in [0, 0.1) is 5.92 Å². The maximum absolute atomic E-state index is 3.95. The van der Waals surface area contributed by atoms with Gasteiger partial charge in [-0.3, -0.25) is 0 Å². The summed E-state index contributed by atoms with van der Waals surface area (Å²) in [7, 11) is 0. The van der Waals surface area contributed by atoms with Crippen LogP contribution in [0.15, 0.2) is 47.1 Å². The molecule has 0 fully saturated rings. The molecule has 0 aromatic carbocycles. The molecule has 1 aliphatic carbocycles. The SMILES string of the molecule is C=C(C)CCC=C(C)CCC=C(C)C1CC=C(C)CC1. The van der Waals surface area contributed by atoms with Crippen LogP contribution in [0.5, 0.6) is 0 Å². The van der Waals surface area contributed by atoms with Crippen LogP contribution < -0.4 is 0 Å². The quantitative estimate of drug-likeness (QED) is 0.449. The van der Waals surface area contributed by atoms with Gasteiger partial charge in [-0.05, 0) is 78.6 Å². The minimum Gasteiger partial charge on any atom is -0.100 e. The third kappa shape index (κ3) is 6.93. The molecule has 0 heterocycles. The molecule has 0 radical (unpaired) electrons. The molecule has 20 heavy (non-hydrogen) atoms. The molecule has 0 spiro atoms. The van der Waals surface area contributed by atoms with E-state index in [0.717, 1.165) is 18.8 Å². The lowest BCUT2D eigenvalue weighted by molar-refractivity contribution is 0.536. The molecule has 1 atom stereocenters. The fraction of sp³-hybridized carbons (Fsp3) is 0.600. The summed E-state index contributed by atoms with van der Waals surface area (Å²) < 4.78 is 0. The zero-order chi connectivity index (χ0) is 15.0. The number of rotatable bonds is 7. The van der Waals surface area contributed by atoms with Crippen molar-refractivity contribution in [3.63, 3.8) is 0 Å². The fourth-order valence-corrected chi connectivity index (χ4v) is 2.74. The number of hydrogen-bond acceptors (Lipinski definition) is 0. The van der Waals surface area contributed by atoms with Gasteiger partial charge in [-0.25, -0.2) is 0 Å². The molecule has 1 aliphatic rings. The molecule has 0 saturated heterocycles. The van der Waals surface area contributed by atoms with Crippen LogP contribution in [-0.2, 0) is 0 Å². The molecule has 0 nitrogen and oxygen atoms in total. The topological polar surface area (TPSA) is 0 Å². The van der Waals surface area contributed by atoms with Crippen LogP contribution in [0.3, 0.4) is 0 Å². The van der Waals surface area contributed by atoms with Crippen LogP contribution in [0.25, 0.3) is 0 Å². The van der Waals surface area contributed by atoms with E-state index >= 15 is 0 Å². The van der Waals surface area contributed by atoms with Gasteiger partial charge >= 0.3 is 0 Å². The summed E-state index contributed by atoms with van der Waals surface area (Å²) in [6.45, 7) is 12.9. The second-order valence-electron chi connectivity index (χ2n) is 6.55. The van der Waals surface area contributed by atoms with Crippen molar-refractivity contribution in [1.82, 2.24) is 0 Å². The van der Waals surface area contributed by atoms with Crippen LogP contribution >= 0.6 is 0 Å². The van der Waals surface area contributed by atoms with Gasteiger partial charge in [-0.1, -0.05) is 40.5 Å². The molecular weight excluding hydrogens is 240 g/mol. The summed E-state index contributed by atoms with van der Waals surface area (Å²) >= 11 is 0. The van der Waals surface area contributed by atoms with E-state index in [1.807, 2.05) is 0 Å². The van der Waals surface area contributed by atoms with Gasteiger partial charge in [0.05, 0.1) is 0 Å². The molecule has 0 aliphatic heterocycles. The zero-order valence-electron chi connectivity index (χ0n) is 14.0. The normalized spacial score (nSPS) is 20.8. The van der Waals surface area contributed by atoms with Crippen molar-refractivity contribution >= 4 is 0 Å². The van der Waals surface area contributed by atoms with Crippen molar-refractivity contribution in [3.8, 4) is 0 Å². The van der Waals surface area contributed by atoms with Crippen molar-refractivity contribution in [2.75, 3.05) is 0 Å². The van der Waals surface area contributed by atoms with Crippen molar-refractivity contribution < 1.29 is 0 Å². The first-order chi connectivity index (χ1) is 9.49. The predicted octanol–water partition coefficient (Wildman–Crippen LogP) is 6.76. The molecule has 0 amide bonds. The largest absolute Gasteiger partial charge is 0.100 e. The lowest BCUT2D eigenvalue weighted by Crippen LogP contribution is -2.06. The summed E-state index contributed by atoms with van der Waals surface area (Å²) in [5, 5.41) is 0. The lowest BCUT2D eigenvalue weighted by Gasteiger charge is -2.21. The van der Waals surface area contributed by atoms with Gasteiger partial charge in [-0.15, -0.1) is 6.58 Å². The highest BCUT2D eigenvalue weighted by Crippen LogP contribution is 2.29. The maximum Gasteiger partial charge on any atom is -0.0168 e. The van der Waals surface area contributed by atoms with Crippen LogP contribution in [0.1, 0.15) is 72.6 Å². The van der Waals surface area contributed by atoms with Gasteiger partial charge in [0.1, 0.15) is 0 Å². The van der Waals surface area contributed by atoms with Gasteiger partial charge in [-0.2, -0.15) is 0 Å². The summed E-state index contributed by atoms with van der Waals surface area (Å²) in [6, 6.07) is 0. The molecule has 112 valence electrons. The standard InChI is InChI=1S/C20H32/c1-16(2)8-6-9-17(3)10-7-11-19(5)20-14-12-18(4)13-15-20/h9,11-12,20H,1,6-8,10,13-15H2,2-5H3. The van der Waals surface area contributed by atoms with Gasteiger partial charge in [0.25, 0.3) is 0 Å². The van der Waals surface area contributed by atoms with Crippen molar-refractivity contribution in [3.05, 3.63) is 47.1 Å². The molecule has 0 bridgehead atoms. The van der Waals surface area contributed by atoms with Crippen molar-refractivity contribution in [2.45, 2.75) is 72.6 Å². The molecule has 1 unspecified atom stereocenters. The van der Waals surface area contributed by atoms with Gasteiger partial charge in [0, 0.05) is 0 Å². The molecular formula is C20H32. The number of hydrogen-bond donors (Lipinski definition) is 0. The Morgan fingerprint density at radius 1 is 1.20 bits per heavy atom. The molecule has 1 rings (SSSR count). The minimum absolute atomic E-state index is 0.798. The Labute approximate surface area is 126 Å². The summed E-state index contributed by atoms with van der Waals surface area (Å²) in [5.74, 6) is 0.798. The Kier molecular flexibility index (Phi) is 7.65. The third-order valence-electron chi connectivity index (χ3n) is 4.35. The van der Waals surface area contributed by atoms with E-state index in [9.17, 15) is 0 Å². The predicted molar refractivity (Wildman–Crippen MR) is 91.9 cm³/mol. The van der Waals surface area contributed by atoms with E-state index in [-0.39, 0.29) is 0 Å². The minimum atomic E-state index is 0.798. The Balaban J connectivity index is 2.31. The Hall–Kier alpha value is -1.04. The fourth-order valence-electron chi connectivity index (χ4n) is 2.74. The third-order valence-corrected chi connectivity index (χ3v) is 4.35. The highest BCUT2D eigenvalue weighted by Gasteiger charge is 2.13. The highest BCUT2D eigenvalue weighted by atomic mass is 14.2. The van der Waals surface area contributed by atoms with Gasteiger partial charge in [0.2, 0.25) is 0 Å². The molecule has 0 saturated carbocycles. The van der Waals surface area contributed by atoms with E-state index in [1.165, 1.54) is 43.3 Å². The molecule has 0 aromatic rings. The average Bonchev–Trinajstić information content (AvgIpc) is 2.39. The first-order valence-corrected chi connectivity index (χ1v) is 8.11. The monoisotopic (exact) mass is 272 g/mol. The van der Waals surface area contributed by atoms with Crippen LogP contribution in [0.2, 0.25) is 0 Å². The molecule has 0 aromatic heterocycles. The van der Waals surface area contributed by atoms with Crippen LogP contribution in [-0.4, -0.2) is 0 Å². The van der Waals surface area contributed by atoms with Crippen LogP contribution in [0.4, 0.5) is 0 Å². The second kappa shape index (κ2) is 9.00. The zero-order valence-corrected chi connectivity index (χ0v) is 14.0. The molecule has 0 N–H and O–H groups in total. The van der Waals surface area contributed by atoms with E-state index in [1.54, 1.807) is 11.1 Å². The summed E-state index contributed by atoms with van der Waals surface area (Å²) in [5.41, 5.74) is 5.98. The van der Waals surface area contributed by atoms with E-state index in [2.05, 4.69) is 52.5 Å². The smallest absolute Gasteiger partial charge is 0.0168 e. The maximum atomic E-state index is 3.95. The van der Waals surface area contributed by atoms with Gasteiger partial charge < -0.3 is 0 Å².